The minimum absolute atomic E-state index is 0.0682. The van der Waals surface area contributed by atoms with E-state index in [1.165, 1.54) is 18.1 Å². The van der Waals surface area contributed by atoms with Crippen LogP contribution in [-0.4, -0.2) is 23.3 Å². The predicted octanol–water partition coefficient (Wildman–Crippen LogP) is 6.73. The van der Waals surface area contributed by atoms with Crippen molar-refractivity contribution in [3.8, 4) is 0 Å². The molecule has 29 heavy (non-hydrogen) atoms. The van der Waals surface area contributed by atoms with Crippen LogP contribution in [0.1, 0.15) is 68.4 Å². The lowest BCUT2D eigenvalue weighted by Crippen LogP contribution is -2.19. The number of benzene rings is 2. The molecule has 156 valence electrons. The Bertz CT molecular complexity index is 789. The number of carbonyl (C=O) groups is 1. The minimum atomic E-state index is -0.172. The van der Waals surface area contributed by atoms with E-state index in [2.05, 4.69) is 56.1 Å². The van der Waals surface area contributed by atoms with E-state index in [1.54, 1.807) is 0 Å². The summed E-state index contributed by atoms with van der Waals surface area (Å²) in [5, 5.41) is 9.70. The van der Waals surface area contributed by atoms with Gasteiger partial charge < -0.3 is 9.84 Å². The third-order valence-electron chi connectivity index (χ3n) is 5.85. The van der Waals surface area contributed by atoms with Gasteiger partial charge in [-0.25, -0.2) is 0 Å². The van der Waals surface area contributed by atoms with Crippen molar-refractivity contribution in [2.45, 2.75) is 69.5 Å². The van der Waals surface area contributed by atoms with E-state index in [-0.39, 0.29) is 18.2 Å². The number of hydrogen-bond donors (Lipinski definition) is 1. The van der Waals surface area contributed by atoms with Crippen molar-refractivity contribution >= 4 is 37.8 Å². The minimum Gasteiger partial charge on any atom is -0.462 e. The number of carbonyl (C=O) groups excluding carboxylic acids is 1. The van der Waals surface area contributed by atoms with E-state index < -0.39 is 0 Å². The first-order valence-corrected chi connectivity index (χ1v) is 11.9. The van der Waals surface area contributed by atoms with Crippen LogP contribution in [0.15, 0.2) is 57.5 Å². The fourth-order valence-corrected chi connectivity index (χ4v) is 4.94. The molecule has 2 saturated carbocycles. The molecule has 0 aliphatic heterocycles. The molecule has 2 aliphatic carbocycles. The van der Waals surface area contributed by atoms with Gasteiger partial charge in [-0.05, 0) is 67.5 Å². The smallest absolute Gasteiger partial charge is 0.302 e. The number of esters is 1. The summed E-state index contributed by atoms with van der Waals surface area (Å²) < 4.78 is 7.54. The summed E-state index contributed by atoms with van der Waals surface area (Å²) in [6.45, 7) is 1.48. The Morgan fingerprint density at radius 1 is 0.828 bits per heavy atom. The number of aliphatic hydroxyl groups is 1. The van der Waals surface area contributed by atoms with Gasteiger partial charge in [0.25, 0.3) is 0 Å². The van der Waals surface area contributed by atoms with Crippen LogP contribution in [0, 0.1) is 0 Å². The third kappa shape index (κ3) is 6.40. The first-order valence-electron chi connectivity index (χ1n) is 10.3. The molecule has 0 spiro atoms. The van der Waals surface area contributed by atoms with E-state index in [0.717, 1.165) is 47.5 Å². The van der Waals surface area contributed by atoms with Crippen molar-refractivity contribution in [2.75, 3.05) is 0 Å². The van der Waals surface area contributed by atoms with Crippen molar-refractivity contribution in [1.82, 2.24) is 0 Å². The Hall–Kier alpha value is -1.17. The number of halogens is 2. The van der Waals surface area contributed by atoms with Gasteiger partial charge in [-0.1, -0.05) is 62.5 Å². The molecule has 0 amide bonds. The molecular weight excluding hydrogens is 496 g/mol. The summed E-state index contributed by atoms with van der Waals surface area (Å²) in [6.07, 6.45) is 6.42. The van der Waals surface area contributed by atoms with Gasteiger partial charge in [-0.3, -0.25) is 4.79 Å². The molecule has 2 fully saturated rings. The molecule has 2 aliphatic rings. The molecule has 0 saturated heterocycles. The normalized spacial score (nSPS) is 25.9. The van der Waals surface area contributed by atoms with Gasteiger partial charge in [-0.15, -0.1) is 0 Å². The highest BCUT2D eigenvalue weighted by atomic mass is 79.9. The molecule has 0 radical (unpaired) electrons. The molecular formula is C24H28Br2O3. The largest absolute Gasteiger partial charge is 0.462 e. The van der Waals surface area contributed by atoms with Gasteiger partial charge in [0.2, 0.25) is 0 Å². The number of rotatable bonds is 3. The SMILES string of the molecule is CC(=O)O[C@@H]1CCC[C@H]1c1ccc(Br)cc1.O[C@H]1CCC[C@@H]1c1ccc(Br)cc1. The van der Waals surface area contributed by atoms with Crippen molar-refractivity contribution in [1.29, 1.82) is 0 Å². The first kappa shape index (κ1) is 22.5. The summed E-state index contributed by atoms with van der Waals surface area (Å²) >= 11 is 6.83. The molecule has 2 aromatic carbocycles. The Kier molecular flexibility index (Phi) is 8.34. The Morgan fingerprint density at radius 2 is 1.31 bits per heavy atom. The van der Waals surface area contributed by atoms with Crippen molar-refractivity contribution < 1.29 is 14.6 Å². The topological polar surface area (TPSA) is 46.5 Å². The molecule has 5 heteroatoms. The third-order valence-corrected chi connectivity index (χ3v) is 6.90. The number of ether oxygens (including phenoxy) is 1. The van der Waals surface area contributed by atoms with Gasteiger partial charge in [0.1, 0.15) is 6.10 Å². The molecule has 4 rings (SSSR count). The fraction of sp³-hybridized carbons (Fsp3) is 0.458. The maximum absolute atomic E-state index is 11.0. The van der Waals surface area contributed by atoms with E-state index in [4.69, 9.17) is 4.74 Å². The molecule has 2 aromatic rings. The Balaban J connectivity index is 0.000000169. The van der Waals surface area contributed by atoms with Crippen LogP contribution in [0.5, 0.6) is 0 Å². The Morgan fingerprint density at radius 3 is 1.79 bits per heavy atom. The van der Waals surface area contributed by atoms with E-state index >= 15 is 0 Å². The van der Waals surface area contributed by atoms with Crippen molar-refractivity contribution in [3.05, 3.63) is 68.6 Å². The summed E-state index contributed by atoms with van der Waals surface area (Å²) in [5.74, 6) is 0.569. The average molecular weight is 524 g/mol. The van der Waals surface area contributed by atoms with Crippen molar-refractivity contribution in [2.24, 2.45) is 0 Å². The standard InChI is InChI=1S/C13H15BrO2.C11H13BrO/c1-9(15)16-13-4-2-3-12(13)10-5-7-11(14)8-6-10;12-9-6-4-8(5-7-9)10-2-1-3-11(10)13/h5-8,12-13H,2-4H2,1H3;4-7,10-11,13H,1-3H2/t12-,13+;10-,11+/m01/s1. The van der Waals surface area contributed by atoms with Crippen LogP contribution in [0.2, 0.25) is 0 Å². The monoisotopic (exact) mass is 522 g/mol. The molecule has 3 nitrogen and oxygen atoms in total. The molecule has 4 atom stereocenters. The van der Waals surface area contributed by atoms with Crippen LogP contribution in [0.3, 0.4) is 0 Å². The quantitative estimate of drug-likeness (QED) is 0.454. The molecule has 0 heterocycles. The lowest BCUT2D eigenvalue weighted by atomic mass is 9.96. The van der Waals surface area contributed by atoms with E-state index in [1.807, 2.05) is 24.3 Å². The van der Waals surface area contributed by atoms with Gasteiger partial charge in [0.05, 0.1) is 6.10 Å². The van der Waals surface area contributed by atoms with Crippen LogP contribution in [0.25, 0.3) is 0 Å². The van der Waals surface area contributed by atoms with Crippen LogP contribution < -0.4 is 0 Å². The average Bonchev–Trinajstić information content (AvgIpc) is 3.32. The van der Waals surface area contributed by atoms with Gasteiger partial charge in [-0.2, -0.15) is 0 Å². The predicted molar refractivity (Wildman–Crippen MR) is 123 cm³/mol. The highest BCUT2D eigenvalue weighted by Crippen LogP contribution is 2.37. The second kappa shape index (κ2) is 10.7. The van der Waals surface area contributed by atoms with Gasteiger partial charge in [0.15, 0.2) is 0 Å². The van der Waals surface area contributed by atoms with Gasteiger partial charge >= 0.3 is 5.97 Å². The zero-order chi connectivity index (χ0) is 20.8. The second-order valence-corrected chi connectivity index (χ2v) is 9.72. The highest BCUT2D eigenvalue weighted by molar-refractivity contribution is 9.10. The summed E-state index contributed by atoms with van der Waals surface area (Å²) in [7, 11) is 0. The summed E-state index contributed by atoms with van der Waals surface area (Å²) in [4.78, 5) is 11.0. The first-order chi connectivity index (χ1) is 13.9. The lowest BCUT2D eigenvalue weighted by molar-refractivity contribution is -0.146. The maximum atomic E-state index is 11.0. The Labute approximate surface area is 190 Å². The summed E-state index contributed by atoms with van der Waals surface area (Å²) in [5.41, 5.74) is 2.54. The number of hydrogen-bond acceptors (Lipinski definition) is 3. The molecule has 1 N–H and O–H groups in total. The van der Waals surface area contributed by atoms with Crippen LogP contribution in [-0.2, 0) is 9.53 Å². The summed E-state index contributed by atoms with van der Waals surface area (Å²) in [6, 6.07) is 16.6. The number of aliphatic hydroxyl groups excluding tert-OH is 1. The van der Waals surface area contributed by atoms with Crippen LogP contribution >= 0.6 is 31.9 Å². The highest BCUT2D eigenvalue weighted by Gasteiger charge is 2.30. The van der Waals surface area contributed by atoms with E-state index in [0.29, 0.717) is 11.8 Å². The van der Waals surface area contributed by atoms with Crippen LogP contribution in [0.4, 0.5) is 0 Å². The maximum Gasteiger partial charge on any atom is 0.302 e. The van der Waals surface area contributed by atoms with Crippen molar-refractivity contribution in [3.63, 3.8) is 0 Å². The zero-order valence-electron chi connectivity index (χ0n) is 16.7. The lowest BCUT2D eigenvalue weighted by Gasteiger charge is -2.19. The second-order valence-electron chi connectivity index (χ2n) is 7.89. The van der Waals surface area contributed by atoms with E-state index in [9.17, 15) is 9.90 Å². The molecule has 0 unspecified atom stereocenters. The zero-order valence-corrected chi connectivity index (χ0v) is 19.9. The van der Waals surface area contributed by atoms with Gasteiger partial charge in [0, 0.05) is 27.7 Å². The molecule has 0 aromatic heterocycles. The fourth-order valence-electron chi connectivity index (χ4n) is 4.41. The molecule has 0 bridgehead atoms.